The second-order valence-electron chi connectivity index (χ2n) is 4.89. The molecule has 5 nitrogen and oxygen atoms in total. The van der Waals surface area contributed by atoms with Crippen LogP contribution in [0.15, 0.2) is 12.1 Å². The maximum atomic E-state index is 6.18. The number of nitrogens with zero attached hydrogens (tertiary/aromatic N) is 2. The monoisotopic (exact) mass is 286 g/mol. The number of nitrogens with one attached hydrogen (secondary N) is 1. The minimum absolute atomic E-state index is 0.575. The minimum atomic E-state index is 0.575. The number of nitrogen functional groups attached to an aromatic ring is 1. The van der Waals surface area contributed by atoms with Gasteiger partial charge in [-0.25, -0.2) is 10.8 Å². The highest BCUT2D eigenvalue weighted by molar-refractivity contribution is 6.31. The number of hydrogen-bond acceptors (Lipinski definition) is 5. The Kier molecular flexibility index (Phi) is 7.09. The smallest absolute Gasteiger partial charge is 0.140 e. The molecule has 0 aliphatic heterocycles. The molecule has 0 atom stereocenters. The molecule has 19 heavy (non-hydrogen) atoms. The number of halogens is 1. The number of ether oxygens (including phenoxy) is 1. The zero-order chi connectivity index (χ0) is 14.3. The summed E-state index contributed by atoms with van der Waals surface area (Å²) in [5, 5.41) is 0.658. The number of nitrogens with two attached hydrogens (primary N) is 1. The van der Waals surface area contributed by atoms with E-state index in [0.717, 1.165) is 18.8 Å². The van der Waals surface area contributed by atoms with E-state index >= 15 is 0 Å². The number of pyridine rings is 1. The van der Waals surface area contributed by atoms with Crippen molar-refractivity contribution >= 4 is 17.4 Å². The van der Waals surface area contributed by atoms with Crippen molar-refractivity contribution in [1.29, 1.82) is 0 Å². The van der Waals surface area contributed by atoms with Crippen LogP contribution in [0.4, 0.5) is 5.82 Å². The molecule has 0 amide bonds. The molecule has 0 spiro atoms. The Bertz CT molecular complexity index is 387. The summed E-state index contributed by atoms with van der Waals surface area (Å²) in [7, 11) is 1.71. The average molecular weight is 287 g/mol. The van der Waals surface area contributed by atoms with Gasteiger partial charge in [-0.1, -0.05) is 25.4 Å². The summed E-state index contributed by atoms with van der Waals surface area (Å²) in [6.07, 6.45) is 0. The van der Waals surface area contributed by atoms with Gasteiger partial charge in [0.05, 0.1) is 17.3 Å². The lowest BCUT2D eigenvalue weighted by Gasteiger charge is -2.24. The topological polar surface area (TPSA) is 63.4 Å². The molecular weight excluding hydrogens is 264 g/mol. The Labute approximate surface area is 120 Å². The first-order valence-corrected chi connectivity index (χ1v) is 6.78. The third-order valence-electron chi connectivity index (χ3n) is 2.67. The Morgan fingerprint density at radius 3 is 2.79 bits per heavy atom. The molecule has 0 aliphatic carbocycles. The third kappa shape index (κ3) is 5.74. The molecule has 0 saturated carbocycles. The Morgan fingerprint density at radius 1 is 1.47 bits per heavy atom. The van der Waals surface area contributed by atoms with Gasteiger partial charge in [-0.15, -0.1) is 0 Å². The van der Waals surface area contributed by atoms with Crippen molar-refractivity contribution in [3.05, 3.63) is 22.8 Å². The van der Waals surface area contributed by atoms with Crippen LogP contribution in [-0.4, -0.2) is 36.7 Å². The van der Waals surface area contributed by atoms with Crippen molar-refractivity contribution in [2.24, 2.45) is 11.8 Å². The van der Waals surface area contributed by atoms with E-state index in [9.17, 15) is 0 Å². The second kappa shape index (κ2) is 8.32. The molecule has 6 heteroatoms. The van der Waals surface area contributed by atoms with Crippen LogP contribution < -0.4 is 11.3 Å². The standard InChI is InChI=1S/C13H23ClN4O/c1-10(2)8-18(6-7-19-3)9-12-11(14)4-5-13(16-12)17-15/h4-5,10H,6-9,15H2,1-3H3,(H,16,17). The van der Waals surface area contributed by atoms with Gasteiger partial charge >= 0.3 is 0 Å². The van der Waals surface area contributed by atoms with Crippen molar-refractivity contribution in [1.82, 2.24) is 9.88 Å². The fourth-order valence-corrected chi connectivity index (χ4v) is 2.02. The lowest BCUT2D eigenvalue weighted by molar-refractivity contribution is 0.135. The largest absolute Gasteiger partial charge is 0.383 e. The van der Waals surface area contributed by atoms with Crippen LogP contribution in [0.5, 0.6) is 0 Å². The molecule has 0 saturated heterocycles. The predicted molar refractivity (Wildman–Crippen MR) is 79.0 cm³/mol. The van der Waals surface area contributed by atoms with E-state index in [0.29, 0.717) is 29.9 Å². The molecule has 1 aromatic heterocycles. The second-order valence-corrected chi connectivity index (χ2v) is 5.30. The fraction of sp³-hybridized carbons (Fsp3) is 0.615. The molecule has 0 unspecified atom stereocenters. The van der Waals surface area contributed by atoms with E-state index in [-0.39, 0.29) is 0 Å². The van der Waals surface area contributed by atoms with Crippen molar-refractivity contribution in [3.8, 4) is 0 Å². The quantitative estimate of drug-likeness (QED) is 0.566. The van der Waals surface area contributed by atoms with Crippen molar-refractivity contribution < 1.29 is 4.74 Å². The third-order valence-corrected chi connectivity index (χ3v) is 3.02. The summed E-state index contributed by atoms with van der Waals surface area (Å²) in [6.45, 7) is 7.59. The first kappa shape index (κ1) is 16.2. The van der Waals surface area contributed by atoms with Gasteiger partial charge in [0.15, 0.2) is 0 Å². The SMILES string of the molecule is COCCN(Cc1nc(NN)ccc1Cl)CC(C)C. The molecule has 108 valence electrons. The summed E-state index contributed by atoms with van der Waals surface area (Å²) in [5.41, 5.74) is 3.37. The highest BCUT2D eigenvalue weighted by atomic mass is 35.5. The zero-order valence-corrected chi connectivity index (χ0v) is 12.6. The lowest BCUT2D eigenvalue weighted by atomic mass is 10.2. The Hall–Kier alpha value is -0.880. The predicted octanol–water partition coefficient (Wildman–Crippen LogP) is 2.12. The van der Waals surface area contributed by atoms with Gasteiger partial charge in [-0.2, -0.15) is 0 Å². The summed E-state index contributed by atoms with van der Waals surface area (Å²) < 4.78 is 5.14. The molecule has 0 bridgehead atoms. The molecule has 1 aromatic rings. The van der Waals surface area contributed by atoms with Crippen LogP contribution in [0.3, 0.4) is 0 Å². The number of hydrazine groups is 1. The van der Waals surface area contributed by atoms with Crippen molar-refractivity contribution in [2.75, 3.05) is 32.2 Å². The number of anilines is 1. The van der Waals surface area contributed by atoms with E-state index in [1.807, 2.05) is 6.07 Å². The first-order chi connectivity index (χ1) is 9.06. The van der Waals surface area contributed by atoms with Crippen molar-refractivity contribution in [3.63, 3.8) is 0 Å². The van der Waals surface area contributed by atoms with E-state index in [4.69, 9.17) is 22.2 Å². The van der Waals surface area contributed by atoms with Crippen molar-refractivity contribution in [2.45, 2.75) is 20.4 Å². The summed E-state index contributed by atoms with van der Waals surface area (Å²) >= 11 is 6.18. The van der Waals surface area contributed by atoms with Crippen LogP contribution in [0, 0.1) is 5.92 Å². The van der Waals surface area contributed by atoms with E-state index in [2.05, 4.69) is 29.2 Å². The summed E-state index contributed by atoms with van der Waals surface area (Å²) in [4.78, 5) is 6.68. The summed E-state index contributed by atoms with van der Waals surface area (Å²) in [5.74, 6) is 6.57. The van der Waals surface area contributed by atoms with Gasteiger partial charge < -0.3 is 10.2 Å². The highest BCUT2D eigenvalue weighted by Gasteiger charge is 2.12. The fourth-order valence-electron chi connectivity index (χ4n) is 1.86. The van der Waals surface area contributed by atoms with Crippen LogP contribution in [0.1, 0.15) is 19.5 Å². The lowest BCUT2D eigenvalue weighted by Crippen LogP contribution is -2.31. The van der Waals surface area contributed by atoms with Crippen LogP contribution in [-0.2, 0) is 11.3 Å². The molecular formula is C13H23ClN4O. The molecule has 1 heterocycles. The van der Waals surface area contributed by atoms with Crippen LogP contribution in [0.25, 0.3) is 0 Å². The Morgan fingerprint density at radius 2 is 2.21 bits per heavy atom. The molecule has 0 aromatic carbocycles. The van der Waals surface area contributed by atoms with Gasteiger partial charge in [0.2, 0.25) is 0 Å². The average Bonchev–Trinajstić information content (AvgIpc) is 2.37. The molecule has 0 aliphatic rings. The van der Waals surface area contributed by atoms with Crippen LogP contribution >= 0.6 is 11.6 Å². The Balaban J connectivity index is 2.76. The summed E-state index contributed by atoms with van der Waals surface area (Å²) in [6, 6.07) is 3.57. The molecule has 1 rings (SSSR count). The van der Waals surface area contributed by atoms with Gasteiger partial charge in [0, 0.05) is 26.7 Å². The van der Waals surface area contributed by atoms with E-state index < -0.39 is 0 Å². The van der Waals surface area contributed by atoms with E-state index in [1.165, 1.54) is 0 Å². The number of hydrogen-bond donors (Lipinski definition) is 2. The maximum absolute atomic E-state index is 6.18. The van der Waals surface area contributed by atoms with Gasteiger partial charge in [-0.3, -0.25) is 4.90 Å². The number of methoxy groups -OCH3 is 1. The van der Waals surface area contributed by atoms with E-state index in [1.54, 1.807) is 13.2 Å². The van der Waals surface area contributed by atoms with Gasteiger partial charge in [0.25, 0.3) is 0 Å². The molecule has 0 radical (unpaired) electrons. The van der Waals surface area contributed by atoms with Gasteiger partial charge in [-0.05, 0) is 18.1 Å². The highest BCUT2D eigenvalue weighted by Crippen LogP contribution is 2.18. The number of rotatable bonds is 8. The maximum Gasteiger partial charge on any atom is 0.140 e. The number of aromatic nitrogens is 1. The van der Waals surface area contributed by atoms with Gasteiger partial charge in [0.1, 0.15) is 5.82 Å². The minimum Gasteiger partial charge on any atom is -0.383 e. The zero-order valence-electron chi connectivity index (χ0n) is 11.8. The molecule has 0 fully saturated rings. The normalized spacial score (nSPS) is 11.3. The van der Waals surface area contributed by atoms with Crippen LogP contribution in [0.2, 0.25) is 5.02 Å². The molecule has 3 N–H and O–H groups in total. The first-order valence-electron chi connectivity index (χ1n) is 6.40.